The zero-order valence-electron chi connectivity index (χ0n) is 15.3. The zero-order valence-corrected chi connectivity index (χ0v) is 15.3. The number of ketones is 1. The van der Waals surface area contributed by atoms with Gasteiger partial charge in [-0.2, -0.15) is 13.2 Å². The third kappa shape index (κ3) is 3.25. The molecular weight excluding hydrogens is 349 g/mol. The van der Waals surface area contributed by atoms with Crippen molar-refractivity contribution in [2.45, 2.75) is 83.5 Å². The Labute approximate surface area is 151 Å². The number of unbranched alkanes of at least 4 members (excludes halogenated alkanes) is 1. The van der Waals surface area contributed by atoms with Crippen molar-refractivity contribution in [1.29, 1.82) is 0 Å². The lowest BCUT2D eigenvalue weighted by atomic mass is 9.86. The number of carbonyl (C=O) groups is 3. The summed E-state index contributed by atoms with van der Waals surface area (Å²) < 4.78 is 42.4. The van der Waals surface area contributed by atoms with E-state index in [0.717, 1.165) is 24.7 Å². The normalized spacial score (nSPS) is 24.5. The molecule has 2 amide bonds. The molecule has 2 rings (SSSR count). The van der Waals surface area contributed by atoms with Gasteiger partial charge in [0.1, 0.15) is 0 Å². The maximum atomic E-state index is 14.1. The van der Waals surface area contributed by atoms with Crippen LogP contribution in [0.5, 0.6) is 0 Å². The highest BCUT2D eigenvalue weighted by Gasteiger charge is 2.70. The summed E-state index contributed by atoms with van der Waals surface area (Å²) in [7, 11) is 0. The van der Waals surface area contributed by atoms with Crippen LogP contribution < -0.4 is 5.32 Å². The van der Waals surface area contributed by atoms with Crippen molar-refractivity contribution in [3.63, 3.8) is 0 Å². The number of nitrogens with zero attached hydrogens (tertiary/aromatic N) is 1. The molecular formula is C18H25F3N2O3. The fourth-order valence-corrected chi connectivity index (χ4v) is 4.01. The molecule has 1 saturated carbocycles. The summed E-state index contributed by atoms with van der Waals surface area (Å²) in [4.78, 5) is 38.4. The molecule has 0 spiro atoms. The highest BCUT2D eigenvalue weighted by Crippen LogP contribution is 2.47. The number of amides is 2. The fraction of sp³-hybridized carbons (Fsp3) is 0.722. The van der Waals surface area contributed by atoms with Gasteiger partial charge in [-0.05, 0) is 33.1 Å². The SMILES string of the molecule is CCCCC(=O)N[C@@]1(C(F)(F)F)C(=O)N(C2CCCC2)C(C)=C1C(C)=O. The molecule has 1 atom stereocenters. The Balaban J connectivity index is 2.55. The molecule has 8 heteroatoms. The minimum absolute atomic E-state index is 0.00233. The average Bonchev–Trinajstić information content (AvgIpc) is 3.10. The highest BCUT2D eigenvalue weighted by atomic mass is 19.4. The second-order valence-corrected chi connectivity index (χ2v) is 7.03. The molecule has 2 aliphatic rings. The van der Waals surface area contributed by atoms with E-state index in [4.69, 9.17) is 0 Å². The van der Waals surface area contributed by atoms with Gasteiger partial charge in [0.25, 0.3) is 5.91 Å². The minimum Gasteiger partial charge on any atom is -0.330 e. The van der Waals surface area contributed by atoms with Crippen molar-refractivity contribution in [3.05, 3.63) is 11.3 Å². The van der Waals surface area contributed by atoms with Gasteiger partial charge in [0, 0.05) is 18.2 Å². The summed E-state index contributed by atoms with van der Waals surface area (Å²) in [5.41, 5.74) is -3.94. The standard InChI is InChI=1S/C18H25F3N2O3/c1-4-5-10-14(25)22-17(18(19,20)21)15(12(3)24)11(2)23(16(17)26)13-8-6-7-9-13/h13H,4-10H2,1-3H3,(H,22,25)/t17-/m1/s1. The maximum Gasteiger partial charge on any atom is 0.425 e. The number of rotatable bonds is 6. The van der Waals surface area contributed by atoms with Crippen molar-refractivity contribution in [2.24, 2.45) is 0 Å². The van der Waals surface area contributed by atoms with Crippen LogP contribution in [0.2, 0.25) is 0 Å². The van der Waals surface area contributed by atoms with E-state index in [1.165, 1.54) is 6.92 Å². The fourth-order valence-electron chi connectivity index (χ4n) is 4.01. The Morgan fingerprint density at radius 1 is 1.27 bits per heavy atom. The lowest BCUT2D eigenvalue weighted by Gasteiger charge is -2.34. The van der Waals surface area contributed by atoms with Gasteiger partial charge in [0.05, 0.1) is 5.57 Å². The summed E-state index contributed by atoms with van der Waals surface area (Å²) in [5.74, 6) is -2.99. The van der Waals surface area contributed by atoms with E-state index in [1.54, 1.807) is 6.92 Å². The molecule has 1 heterocycles. The van der Waals surface area contributed by atoms with Crippen LogP contribution in [0.4, 0.5) is 13.2 Å². The van der Waals surface area contributed by atoms with E-state index in [9.17, 15) is 27.6 Å². The number of hydrogen-bond donors (Lipinski definition) is 1. The third-order valence-corrected chi connectivity index (χ3v) is 5.19. The van der Waals surface area contributed by atoms with E-state index in [0.29, 0.717) is 25.7 Å². The van der Waals surface area contributed by atoms with E-state index in [-0.39, 0.29) is 18.2 Å². The van der Waals surface area contributed by atoms with Crippen LogP contribution in [0.3, 0.4) is 0 Å². The van der Waals surface area contributed by atoms with Gasteiger partial charge in [-0.1, -0.05) is 26.2 Å². The molecule has 146 valence electrons. The van der Waals surface area contributed by atoms with Crippen LogP contribution in [-0.4, -0.2) is 40.3 Å². The number of allylic oxidation sites excluding steroid dienone is 1. The molecule has 0 aromatic heterocycles. The lowest BCUT2D eigenvalue weighted by molar-refractivity contribution is -0.195. The third-order valence-electron chi connectivity index (χ3n) is 5.19. The van der Waals surface area contributed by atoms with Crippen LogP contribution in [0, 0.1) is 0 Å². The Bertz CT molecular complexity index is 636. The number of Topliss-reactive ketones (excluding diaryl/α,β-unsaturated/α-hetero) is 1. The van der Waals surface area contributed by atoms with E-state index < -0.39 is 34.9 Å². The zero-order chi connectivity index (χ0) is 19.7. The first-order chi connectivity index (χ1) is 12.1. The van der Waals surface area contributed by atoms with Crippen molar-refractivity contribution in [3.8, 4) is 0 Å². The molecule has 1 fully saturated rings. The summed E-state index contributed by atoms with van der Waals surface area (Å²) in [5, 5.41) is 1.90. The first-order valence-electron chi connectivity index (χ1n) is 9.01. The monoisotopic (exact) mass is 374 g/mol. The van der Waals surface area contributed by atoms with Gasteiger partial charge in [0.15, 0.2) is 5.78 Å². The molecule has 1 aliphatic heterocycles. The Kier molecular flexibility index (Phi) is 5.82. The molecule has 0 aromatic rings. The van der Waals surface area contributed by atoms with E-state index in [2.05, 4.69) is 0 Å². The molecule has 1 aliphatic carbocycles. The Hall–Kier alpha value is -1.86. The summed E-state index contributed by atoms with van der Waals surface area (Å²) in [6.07, 6.45) is -1.39. The van der Waals surface area contributed by atoms with Gasteiger partial charge in [-0.3, -0.25) is 14.4 Å². The second kappa shape index (κ2) is 7.40. The quantitative estimate of drug-likeness (QED) is 0.776. The molecule has 0 unspecified atom stereocenters. The number of hydrogen-bond acceptors (Lipinski definition) is 3. The van der Waals surface area contributed by atoms with Crippen molar-refractivity contribution < 1.29 is 27.6 Å². The molecule has 0 saturated heterocycles. The summed E-state index contributed by atoms with van der Waals surface area (Å²) in [6, 6.07) is -0.367. The van der Waals surface area contributed by atoms with Crippen LogP contribution in [0.25, 0.3) is 0 Å². The van der Waals surface area contributed by atoms with Gasteiger partial charge in [-0.25, -0.2) is 0 Å². The summed E-state index contributed by atoms with van der Waals surface area (Å²) >= 11 is 0. The summed E-state index contributed by atoms with van der Waals surface area (Å²) in [6.45, 7) is 4.17. The maximum absolute atomic E-state index is 14.1. The molecule has 0 aromatic carbocycles. The molecule has 26 heavy (non-hydrogen) atoms. The number of nitrogens with one attached hydrogen (secondary N) is 1. The first kappa shape index (κ1) is 20.5. The largest absolute Gasteiger partial charge is 0.425 e. The van der Waals surface area contributed by atoms with Gasteiger partial charge in [0.2, 0.25) is 11.4 Å². The highest BCUT2D eigenvalue weighted by molar-refractivity contribution is 6.12. The van der Waals surface area contributed by atoms with Crippen LogP contribution >= 0.6 is 0 Å². The molecule has 0 radical (unpaired) electrons. The predicted octanol–water partition coefficient (Wildman–Crippen LogP) is 3.24. The van der Waals surface area contributed by atoms with Crippen molar-refractivity contribution in [2.75, 3.05) is 0 Å². The van der Waals surface area contributed by atoms with Gasteiger partial charge in [-0.15, -0.1) is 0 Å². The lowest BCUT2D eigenvalue weighted by Crippen LogP contribution is -2.66. The van der Waals surface area contributed by atoms with Gasteiger partial charge >= 0.3 is 6.18 Å². The van der Waals surface area contributed by atoms with Gasteiger partial charge < -0.3 is 10.2 Å². The number of halogens is 3. The molecule has 0 bridgehead atoms. The van der Waals surface area contributed by atoms with E-state index >= 15 is 0 Å². The second-order valence-electron chi connectivity index (χ2n) is 7.03. The number of carbonyl (C=O) groups excluding carboxylic acids is 3. The van der Waals surface area contributed by atoms with Crippen LogP contribution in [-0.2, 0) is 14.4 Å². The van der Waals surface area contributed by atoms with Crippen molar-refractivity contribution in [1.82, 2.24) is 10.2 Å². The topological polar surface area (TPSA) is 66.5 Å². The van der Waals surface area contributed by atoms with Crippen molar-refractivity contribution >= 4 is 17.6 Å². The van der Waals surface area contributed by atoms with Crippen LogP contribution in [0.15, 0.2) is 11.3 Å². The first-order valence-corrected chi connectivity index (χ1v) is 9.01. The minimum atomic E-state index is -5.11. The van der Waals surface area contributed by atoms with E-state index in [1.807, 2.05) is 5.32 Å². The molecule has 1 N–H and O–H groups in total. The Morgan fingerprint density at radius 3 is 2.31 bits per heavy atom. The smallest absolute Gasteiger partial charge is 0.330 e. The Morgan fingerprint density at radius 2 is 1.85 bits per heavy atom. The predicted molar refractivity (Wildman–Crippen MR) is 88.9 cm³/mol. The average molecular weight is 374 g/mol. The van der Waals surface area contributed by atoms with Crippen LogP contribution in [0.1, 0.15) is 65.7 Å². The molecule has 5 nitrogen and oxygen atoms in total. The number of alkyl halides is 3.